The second kappa shape index (κ2) is 11.6. The zero-order valence-corrected chi connectivity index (χ0v) is 15.1. The first-order valence-corrected chi connectivity index (χ1v) is 9.57. The summed E-state index contributed by atoms with van der Waals surface area (Å²) in [4.78, 5) is 0. The van der Waals surface area contributed by atoms with E-state index in [4.69, 9.17) is 0 Å². The Morgan fingerprint density at radius 3 is 1.86 bits per heavy atom. The molecule has 0 heterocycles. The molecule has 0 aromatic heterocycles. The lowest BCUT2D eigenvalue weighted by molar-refractivity contribution is 0.465. The van der Waals surface area contributed by atoms with Crippen LogP contribution < -0.4 is 0 Å². The highest BCUT2D eigenvalue weighted by molar-refractivity contribution is 5.45. The van der Waals surface area contributed by atoms with Crippen LogP contribution >= 0.6 is 0 Å². The number of phenols is 1. The number of hydrogen-bond donors (Lipinski definition) is 1. The van der Waals surface area contributed by atoms with Crippen molar-refractivity contribution < 1.29 is 5.11 Å². The van der Waals surface area contributed by atoms with Crippen LogP contribution in [0.4, 0.5) is 0 Å². The van der Waals surface area contributed by atoms with Crippen molar-refractivity contribution in [2.45, 2.75) is 97.8 Å². The van der Waals surface area contributed by atoms with Crippen molar-refractivity contribution in [3.63, 3.8) is 0 Å². The summed E-state index contributed by atoms with van der Waals surface area (Å²) in [5.41, 5.74) is 4.19. The molecule has 0 spiro atoms. The summed E-state index contributed by atoms with van der Waals surface area (Å²) in [7, 11) is 0. The molecule has 0 saturated heterocycles. The number of hydrogen-bond acceptors (Lipinski definition) is 1. The Morgan fingerprint density at radius 2 is 1.27 bits per heavy atom. The van der Waals surface area contributed by atoms with Gasteiger partial charge in [-0.3, -0.25) is 0 Å². The summed E-state index contributed by atoms with van der Waals surface area (Å²) in [5, 5.41) is 10.3. The summed E-state index contributed by atoms with van der Waals surface area (Å²) in [6.07, 6.45) is 14.9. The van der Waals surface area contributed by atoms with Crippen LogP contribution in [0.2, 0.25) is 0 Å². The van der Waals surface area contributed by atoms with Gasteiger partial charge in [0.1, 0.15) is 5.75 Å². The van der Waals surface area contributed by atoms with Gasteiger partial charge >= 0.3 is 0 Å². The SMILES string of the molecule is CCCCCCc1ccc(O)c(CCC)c1CCCCCC. The number of aryl methyl sites for hydroxylation is 1. The maximum atomic E-state index is 10.3. The third-order valence-corrected chi connectivity index (χ3v) is 4.58. The van der Waals surface area contributed by atoms with Crippen LogP contribution in [0.3, 0.4) is 0 Å². The smallest absolute Gasteiger partial charge is 0.119 e. The number of rotatable bonds is 12. The molecule has 1 N–H and O–H groups in total. The van der Waals surface area contributed by atoms with Crippen LogP contribution in [-0.2, 0) is 19.3 Å². The van der Waals surface area contributed by atoms with E-state index in [0.717, 1.165) is 19.3 Å². The predicted molar refractivity (Wildman–Crippen MR) is 97.8 cm³/mol. The van der Waals surface area contributed by atoms with Gasteiger partial charge in [0.05, 0.1) is 0 Å². The fourth-order valence-electron chi connectivity index (χ4n) is 3.27. The molecular weight excluding hydrogens is 268 g/mol. The molecule has 1 heteroatoms. The molecule has 1 aromatic carbocycles. The van der Waals surface area contributed by atoms with Crippen LogP contribution in [0.5, 0.6) is 5.75 Å². The maximum absolute atomic E-state index is 10.3. The summed E-state index contributed by atoms with van der Waals surface area (Å²) in [6, 6.07) is 4.10. The number of aromatic hydroxyl groups is 1. The highest BCUT2D eigenvalue weighted by atomic mass is 16.3. The third-order valence-electron chi connectivity index (χ3n) is 4.58. The lowest BCUT2D eigenvalue weighted by Gasteiger charge is -2.16. The van der Waals surface area contributed by atoms with Crippen LogP contribution in [-0.4, -0.2) is 5.11 Å². The van der Waals surface area contributed by atoms with Gasteiger partial charge < -0.3 is 5.11 Å². The summed E-state index contributed by atoms with van der Waals surface area (Å²) in [5.74, 6) is 0.518. The zero-order valence-electron chi connectivity index (χ0n) is 15.1. The molecule has 0 aliphatic heterocycles. The Bertz CT molecular complexity index is 409. The quantitative estimate of drug-likeness (QED) is 0.432. The Balaban J connectivity index is 2.80. The van der Waals surface area contributed by atoms with E-state index in [1.807, 2.05) is 6.07 Å². The molecule has 0 radical (unpaired) electrons. The number of unbranched alkanes of at least 4 members (excludes halogenated alkanes) is 6. The molecule has 0 saturated carbocycles. The molecule has 0 aliphatic carbocycles. The molecule has 126 valence electrons. The predicted octanol–water partition coefficient (Wildman–Crippen LogP) is 6.59. The van der Waals surface area contributed by atoms with Crippen LogP contribution in [0.25, 0.3) is 0 Å². The van der Waals surface area contributed by atoms with Gasteiger partial charge in [0, 0.05) is 0 Å². The minimum atomic E-state index is 0.518. The van der Waals surface area contributed by atoms with E-state index >= 15 is 0 Å². The maximum Gasteiger partial charge on any atom is 0.119 e. The van der Waals surface area contributed by atoms with Crippen LogP contribution in [0.1, 0.15) is 95.2 Å². The lowest BCUT2D eigenvalue weighted by atomic mass is 9.90. The van der Waals surface area contributed by atoms with Gasteiger partial charge in [0.2, 0.25) is 0 Å². The molecule has 0 atom stereocenters. The van der Waals surface area contributed by atoms with Crippen molar-refractivity contribution in [3.8, 4) is 5.75 Å². The average molecular weight is 305 g/mol. The van der Waals surface area contributed by atoms with E-state index in [1.165, 1.54) is 74.5 Å². The van der Waals surface area contributed by atoms with Crippen molar-refractivity contribution in [2.24, 2.45) is 0 Å². The van der Waals surface area contributed by atoms with Gasteiger partial charge in [-0.05, 0) is 54.9 Å². The van der Waals surface area contributed by atoms with Gasteiger partial charge in [-0.25, -0.2) is 0 Å². The van der Waals surface area contributed by atoms with Gasteiger partial charge in [-0.2, -0.15) is 0 Å². The summed E-state index contributed by atoms with van der Waals surface area (Å²) < 4.78 is 0. The van der Waals surface area contributed by atoms with E-state index in [9.17, 15) is 5.11 Å². The van der Waals surface area contributed by atoms with Crippen molar-refractivity contribution in [1.29, 1.82) is 0 Å². The normalized spacial score (nSPS) is 11.0. The van der Waals surface area contributed by atoms with Gasteiger partial charge in [-0.1, -0.05) is 71.8 Å². The topological polar surface area (TPSA) is 20.2 Å². The standard InChI is InChI=1S/C21H36O/c1-4-7-9-11-14-18-16-17-21(22)20(13-6-3)19(18)15-12-10-8-5-2/h16-17,22H,4-15H2,1-3H3. The number of phenolic OH excluding ortho intramolecular Hbond substituents is 1. The second-order valence-electron chi connectivity index (χ2n) is 6.57. The average Bonchev–Trinajstić information content (AvgIpc) is 2.52. The summed E-state index contributed by atoms with van der Waals surface area (Å²) >= 11 is 0. The molecule has 0 unspecified atom stereocenters. The Hall–Kier alpha value is -0.980. The van der Waals surface area contributed by atoms with Crippen molar-refractivity contribution in [3.05, 3.63) is 28.8 Å². The molecule has 1 aromatic rings. The van der Waals surface area contributed by atoms with Gasteiger partial charge in [0.15, 0.2) is 0 Å². The van der Waals surface area contributed by atoms with Crippen molar-refractivity contribution >= 4 is 0 Å². The first-order chi connectivity index (χ1) is 10.7. The Morgan fingerprint density at radius 1 is 0.636 bits per heavy atom. The highest BCUT2D eigenvalue weighted by Gasteiger charge is 2.12. The zero-order chi connectivity index (χ0) is 16.2. The van der Waals surface area contributed by atoms with E-state index in [2.05, 4.69) is 26.8 Å². The van der Waals surface area contributed by atoms with Gasteiger partial charge in [-0.15, -0.1) is 0 Å². The third kappa shape index (κ3) is 6.42. The number of benzene rings is 1. The lowest BCUT2D eigenvalue weighted by Crippen LogP contribution is -2.02. The second-order valence-corrected chi connectivity index (χ2v) is 6.57. The molecule has 1 nitrogen and oxygen atoms in total. The molecule has 0 fully saturated rings. The highest BCUT2D eigenvalue weighted by Crippen LogP contribution is 2.29. The van der Waals surface area contributed by atoms with Crippen LogP contribution in [0.15, 0.2) is 12.1 Å². The van der Waals surface area contributed by atoms with Crippen LogP contribution in [0, 0.1) is 0 Å². The van der Waals surface area contributed by atoms with E-state index in [0.29, 0.717) is 5.75 Å². The van der Waals surface area contributed by atoms with E-state index in [1.54, 1.807) is 0 Å². The fourth-order valence-corrected chi connectivity index (χ4v) is 3.27. The summed E-state index contributed by atoms with van der Waals surface area (Å²) in [6.45, 7) is 6.73. The Kier molecular flexibility index (Phi) is 10.0. The molecule has 0 bridgehead atoms. The van der Waals surface area contributed by atoms with Crippen molar-refractivity contribution in [1.82, 2.24) is 0 Å². The molecule has 0 amide bonds. The first kappa shape index (κ1) is 19.1. The minimum Gasteiger partial charge on any atom is -0.508 e. The molecule has 1 rings (SSSR count). The molecular formula is C21H36O. The van der Waals surface area contributed by atoms with Crippen molar-refractivity contribution in [2.75, 3.05) is 0 Å². The first-order valence-electron chi connectivity index (χ1n) is 9.57. The molecule has 22 heavy (non-hydrogen) atoms. The minimum absolute atomic E-state index is 0.518. The fraction of sp³-hybridized carbons (Fsp3) is 0.714. The monoisotopic (exact) mass is 304 g/mol. The van der Waals surface area contributed by atoms with E-state index < -0.39 is 0 Å². The largest absolute Gasteiger partial charge is 0.508 e. The Labute approximate surface area is 138 Å². The molecule has 0 aliphatic rings. The van der Waals surface area contributed by atoms with E-state index in [-0.39, 0.29) is 0 Å². The van der Waals surface area contributed by atoms with Gasteiger partial charge in [0.25, 0.3) is 0 Å².